The van der Waals surface area contributed by atoms with Gasteiger partial charge in [0.25, 0.3) is 11.8 Å². The number of aliphatic hydroxyl groups is 1. The molecule has 3 aromatic rings. The van der Waals surface area contributed by atoms with E-state index in [0.717, 1.165) is 24.8 Å². The maximum absolute atomic E-state index is 15.5. The van der Waals surface area contributed by atoms with Crippen LogP contribution < -0.4 is 10.6 Å². The number of anilines is 1. The number of thioether (sulfide) groups is 1. The second-order valence-electron chi connectivity index (χ2n) is 9.59. The van der Waals surface area contributed by atoms with Crippen molar-refractivity contribution in [2.75, 3.05) is 17.7 Å². The molecule has 5 rings (SSSR count). The number of carbonyl (C=O) groups excluding carboxylic acids is 1. The Hall–Kier alpha value is -3.92. The van der Waals surface area contributed by atoms with Gasteiger partial charge in [-0.1, -0.05) is 30.0 Å². The van der Waals surface area contributed by atoms with Crippen LogP contribution in [-0.2, 0) is 10.3 Å². The number of nitrogens with one attached hydrogen (secondary N) is 2. The van der Waals surface area contributed by atoms with Gasteiger partial charge in [-0.05, 0) is 42.5 Å². The number of rotatable bonds is 6. The lowest BCUT2D eigenvalue weighted by Gasteiger charge is -2.37. The fraction of sp³-hybridized carbons (Fsp3) is 0.286. The molecule has 3 heterocycles. The SMILES string of the molecule is CC(F)(F)[C@H]1OC[C@]2(c3cc(NC(O)c4ccc(C#N)cn4)ccc3F)N=C(NC(=O)c3ccccc3)SC[C@H]12. The van der Waals surface area contributed by atoms with Gasteiger partial charge < -0.3 is 20.5 Å². The molecule has 2 aliphatic heterocycles. The van der Waals surface area contributed by atoms with Crippen molar-refractivity contribution < 1.29 is 27.8 Å². The zero-order valence-corrected chi connectivity index (χ0v) is 22.0. The van der Waals surface area contributed by atoms with Gasteiger partial charge in [0.2, 0.25) is 0 Å². The number of hydrogen-bond donors (Lipinski definition) is 3. The van der Waals surface area contributed by atoms with Crippen LogP contribution in [0.3, 0.4) is 0 Å². The van der Waals surface area contributed by atoms with Crippen molar-refractivity contribution in [1.82, 2.24) is 10.3 Å². The molecule has 3 N–H and O–H groups in total. The van der Waals surface area contributed by atoms with Gasteiger partial charge in [-0.3, -0.25) is 9.78 Å². The van der Waals surface area contributed by atoms with Crippen LogP contribution in [0.5, 0.6) is 0 Å². The number of ether oxygens (including phenoxy) is 1. The summed E-state index contributed by atoms with van der Waals surface area (Å²) >= 11 is 1.09. The molecule has 12 heteroatoms. The van der Waals surface area contributed by atoms with Crippen molar-refractivity contribution in [3.8, 4) is 6.07 Å². The highest BCUT2D eigenvalue weighted by molar-refractivity contribution is 8.13. The first-order valence-electron chi connectivity index (χ1n) is 12.3. The second kappa shape index (κ2) is 10.9. The molecule has 1 aromatic heterocycles. The smallest absolute Gasteiger partial charge is 0.271 e. The van der Waals surface area contributed by atoms with Gasteiger partial charge in [0.05, 0.1) is 17.9 Å². The molecule has 2 aromatic carbocycles. The Morgan fingerprint density at radius 1 is 1.25 bits per heavy atom. The minimum absolute atomic E-state index is 0.0130. The second-order valence-corrected chi connectivity index (χ2v) is 10.6. The topological polar surface area (TPSA) is 120 Å². The fourth-order valence-electron chi connectivity index (χ4n) is 4.89. The number of amidine groups is 1. The molecule has 0 aliphatic carbocycles. The van der Waals surface area contributed by atoms with E-state index >= 15 is 4.39 Å². The highest BCUT2D eigenvalue weighted by Gasteiger charge is 2.60. The Kier molecular flexibility index (Phi) is 7.55. The number of fused-ring (bicyclic) bond motifs is 1. The fourth-order valence-corrected chi connectivity index (χ4v) is 6.07. The predicted molar refractivity (Wildman–Crippen MR) is 143 cm³/mol. The van der Waals surface area contributed by atoms with E-state index in [4.69, 9.17) is 10.00 Å². The van der Waals surface area contributed by atoms with E-state index in [2.05, 4.69) is 20.6 Å². The van der Waals surface area contributed by atoms with Crippen LogP contribution in [0, 0.1) is 23.1 Å². The quantitative estimate of drug-likeness (QED) is 0.373. The van der Waals surface area contributed by atoms with Crippen LogP contribution in [0.2, 0.25) is 0 Å². The van der Waals surface area contributed by atoms with Crippen molar-refractivity contribution in [2.45, 2.75) is 30.7 Å². The van der Waals surface area contributed by atoms with Crippen LogP contribution in [0.4, 0.5) is 18.9 Å². The molecule has 40 heavy (non-hydrogen) atoms. The van der Waals surface area contributed by atoms with Gasteiger partial charge in [0.15, 0.2) is 11.4 Å². The van der Waals surface area contributed by atoms with Gasteiger partial charge in [0.1, 0.15) is 23.5 Å². The number of aliphatic imine (C=N–C) groups is 1. The lowest BCUT2D eigenvalue weighted by molar-refractivity contribution is -0.113. The minimum atomic E-state index is -3.23. The average molecular weight is 568 g/mol. The number of alkyl halides is 2. The van der Waals surface area contributed by atoms with E-state index in [1.807, 2.05) is 6.07 Å². The number of carbonyl (C=O) groups is 1. The summed E-state index contributed by atoms with van der Waals surface area (Å²) in [5.41, 5.74) is -0.385. The number of aromatic nitrogens is 1. The minimum Gasteiger partial charge on any atom is -0.369 e. The molecule has 0 radical (unpaired) electrons. The van der Waals surface area contributed by atoms with Gasteiger partial charge in [-0.15, -0.1) is 0 Å². The van der Waals surface area contributed by atoms with Crippen LogP contribution in [0.15, 0.2) is 71.9 Å². The molecular weight excluding hydrogens is 543 g/mol. The highest BCUT2D eigenvalue weighted by Crippen LogP contribution is 2.52. The van der Waals surface area contributed by atoms with E-state index in [0.29, 0.717) is 11.1 Å². The Balaban J connectivity index is 1.50. The van der Waals surface area contributed by atoms with Crippen LogP contribution >= 0.6 is 11.8 Å². The number of halogens is 3. The van der Waals surface area contributed by atoms with E-state index in [1.54, 1.807) is 30.3 Å². The molecule has 0 spiro atoms. The third-order valence-electron chi connectivity index (χ3n) is 6.85. The predicted octanol–water partition coefficient (Wildman–Crippen LogP) is 4.59. The summed E-state index contributed by atoms with van der Waals surface area (Å²) < 4.78 is 50.2. The summed E-state index contributed by atoms with van der Waals surface area (Å²) in [6, 6.07) is 17.3. The summed E-state index contributed by atoms with van der Waals surface area (Å²) in [5, 5.41) is 25.3. The summed E-state index contributed by atoms with van der Waals surface area (Å²) in [5.74, 6) is -5.18. The Morgan fingerprint density at radius 3 is 2.70 bits per heavy atom. The van der Waals surface area contributed by atoms with Crippen molar-refractivity contribution in [2.24, 2.45) is 10.9 Å². The summed E-state index contributed by atoms with van der Waals surface area (Å²) in [7, 11) is 0. The molecule has 2 aliphatic rings. The Bertz CT molecular complexity index is 1480. The molecule has 4 atom stereocenters. The molecule has 1 unspecified atom stereocenters. The van der Waals surface area contributed by atoms with Gasteiger partial charge in [-0.25, -0.2) is 18.2 Å². The first-order valence-corrected chi connectivity index (χ1v) is 13.3. The first-order chi connectivity index (χ1) is 19.1. The Labute approximate surface area is 232 Å². The monoisotopic (exact) mass is 567 g/mol. The zero-order chi connectivity index (χ0) is 28.5. The van der Waals surface area contributed by atoms with Crippen molar-refractivity contribution >= 4 is 28.5 Å². The lowest BCUT2D eigenvalue weighted by Crippen LogP contribution is -2.47. The maximum Gasteiger partial charge on any atom is 0.271 e. The maximum atomic E-state index is 15.5. The first kappa shape index (κ1) is 27.6. The molecule has 1 fully saturated rings. The molecule has 1 amide bonds. The molecule has 0 saturated carbocycles. The van der Waals surface area contributed by atoms with Gasteiger partial charge >= 0.3 is 0 Å². The standard InChI is InChI=1S/C28H24F3N5O3S/c1-27(30,31)23-20-14-40-26(35-24(37)17-5-3-2-4-6-17)36-28(20,15-39-23)19-11-18(8-9-21(19)29)34-25(38)22-10-7-16(12-32)13-33-22/h2-11,13,20,23,25,34,38H,14-15H2,1H3,(H,35,36,37)/t20-,23+,25?,28-/m1/s1. The van der Waals surface area contributed by atoms with E-state index in [9.17, 15) is 18.7 Å². The van der Waals surface area contributed by atoms with Gasteiger partial charge in [-0.2, -0.15) is 5.26 Å². The van der Waals surface area contributed by atoms with Crippen molar-refractivity contribution in [3.63, 3.8) is 0 Å². The summed E-state index contributed by atoms with van der Waals surface area (Å²) in [4.78, 5) is 21.5. The van der Waals surface area contributed by atoms with Crippen molar-refractivity contribution in [1.29, 1.82) is 5.26 Å². The number of hydrogen-bond acceptors (Lipinski definition) is 8. The number of aliphatic hydroxyl groups excluding tert-OH is 1. The van der Waals surface area contributed by atoms with Crippen LogP contribution in [0.1, 0.15) is 40.3 Å². The molecular formula is C28H24F3N5O3S. The average Bonchev–Trinajstić information content (AvgIpc) is 3.35. The Morgan fingerprint density at radius 2 is 2.02 bits per heavy atom. The number of benzene rings is 2. The largest absolute Gasteiger partial charge is 0.369 e. The van der Waals surface area contributed by atoms with E-state index < -0.39 is 41.4 Å². The number of nitriles is 1. The van der Waals surface area contributed by atoms with Crippen molar-refractivity contribution in [3.05, 3.63) is 95.1 Å². The third kappa shape index (κ3) is 5.40. The van der Waals surface area contributed by atoms with Crippen LogP contribution in [0.25, 0.3) is 0 Å². The van der Waals surface area contributed by atoms with E-state index in [-0.39, 0.29) is 34.5 Å². The molecule has 8 nitrogen and oxygen atoms in total. The highest BCUT2D eigenvalue weighted by atomic mass is 32.2. The van der Waals surface area contributed by atoms with E-state index in [1.165, 1.54) is 30.5 Å². The number of pyridine rings is 1. The normalized spacial score (nSPS) is 22.9. The lowest BCUT2D eigenvalue weighted by atomic mass is 9.77. The van der Waals surface area contributed by atoms with Crippen LogP contribution in [-0.4, -0.2) is 45.6 Å². The number of amides is 1. The molecule has 206 valence electrons. The third-order valence-corrected chi connectivity index (χ3v) is 7.84. The summed E-state index contributed by atoms with van der Waals surface area (Å²) in [6.07, 6.45) is -1.53. The summed E-state index contributed by atoms with van der Waals surface area (Å²) in [6.45, 7) is 0.418. The van der Waals surface area contributed by atoms with Gasteiger partial charge in [0, 0.05) is 41.6 Å². The molecule has 1 saturated heterocycles. The number of nitrogens with zero attached hydrogens (tertiary/aromatic N) is 3. The zero-order valence-electron chi connectivity index (χ0n) is 21.1. The molecule has 0 bridgehead atoms.